The minimum atomic E-state index is -2.19. The molecule has 7 heteroatoms. The normalized spacial score (nSPS) is 24.3. The zero-order valence-corrected chi connectivity index (χ0v) is 7.46. The Morgan fingerprint density at radius 2 is 2.33 bits per heavy atom. The first kappa shape index (κ1) is 9.53. The fourth-order valence-electron chi connectivity index (χ4n) is 0.988. The Morgan fingerprint density at radius 1 is 1.47 bits per heavy atom. The molecule has 0 saturated heterocycles. The largest absolute Gasteiger partial charge is 0.449 e. The first-order valence-corrected chi connectivity index (χ1v) is 4.06. The van der Waals surface area contributed by atoms with Gasteiger partial charge in [-0.25, -0.2) is 0 Å². The van der Waals surface area contributed by atoms with Crippen LogP contribution in [0.2, 0.25) is 0 Å². The van der Waals surface area contributed by atoms with Crippen molar-refractivity contribution in [3.8, 4) is 5.75 Å². The number of rotatable bonds is 2. The number of hydrogen-bond acceptors (Lipinski definition) is 6. The fraction of sp³-hybridized carbons (Fsp3) is 0.125. The minimum Gasteiger partial charge on any atom is -0.449 e. The summed E-state index contributed by atoms with van der Waals surface area (Å²) < 4.78 is 18.1. The lowest BCUT2D eigenvalue weighted by Crippen LogP contribution is -2.43. The van der Waals surface area contributed by atoms with Crippen LogP contribution >= 0.6 is 0 Å². The number of halogens is 1. The highest BCUT2D eigenvalue weighted by Gasteiger charge is 2.36. The van der Waals surface area contributed by atoms with Gasteiger partial charge in [-0.3, -0.25) is 5.43 Å². The molecule has 0 saturated carbocycles. The molecule has 15 heavy (non-hydrogen) atoms. The summed E-state index contributed by atoms with van der Waals surface area (Å²) in [4.78, 5) is 0. The van der Waals surface area contributed by atoms with Gasteiger partial charge in [0.05, 0.1) is 12.4 Å². The van der Waals surface area contributed by atoms with Crippen molar-refractivity contribution in [3.05, 3.63) is 30.7 Å². The second-order valence-electron chi connectivity index (χ2n) is 2.74. The molecule has 0 amide bonds. The van der Waals surface area contributed by atoms with Crippen LogP contribution in [0.5, 0.6) is 5.75 Å². The Labute approximate surface area is 84.1 Å². The number of aliphatic hydroxyl groups is 1. The second-order valence-corrected chi connectivity index (χ2v) is 2.74. The summed E-state index contributed by atoms with van der Waals surface area (Å²) in [7, 11) is 0. The Bertz CT molecular complexity index is 408. The lowest BCUT2D eigenvalue weighted by molar-refractivity contribution is -0.0427. The molecule has 1 aliphatic rings. The molecule has 1 aromatic heterocycles. The number of ether oxygens (including phenoxy) is 1. The van der Waals surface area contributed by atoms with E-state index in [1.165, 1.54) is 24.7 Å². The van der Waals surface area contributed by atoms with E-state index < -0.39 is 11.8 Å². The average Bonchev–Trinajstić information content (AvgIpc) is 2.24. The van der Waals surface area contributed by atoms with Crippen molar-refractivity contribution in [2.45, 2.75) is 5.79 Å². The molecule has 1 atom stereocenters. The predicted molar refractivity (Wildman–Crippen MR) is 48.4 cm³/mol. The second kappa shape index (κ2) is 3.62. The summed E-state index contributed by atoms with van der Waals surface area (Å²) in [5, 5.41) is 19.9. The van der Waals surface area contributed by atoms with Crippen LogP contribution in [0.3, 0.4) is 0 Å². The molecule has 0 spiro atoms. The van der Waals surface area contributed by atoms with E-state index in [0.717, 1.165) is 6.08 Å². The summed E-state index contributed by atoms with van der Waals surface area (Å²) >= 11 is 0. The monoisotopic (exact) mass is 210 g/mol. The van der Waals surface area contributed by atoms with E-state index >= 15 is 0 Å². The van der Waals surface area contributed by atoms with Gasteiger partial charge in [0.1, 0.15) is 5.75 Å². The third-order valence-electron chi connectivity index (χ3n) is 1.67. The van der Waals surface area contributed by atoms with Gasteiger partial charge < -0.3 is 9.84 Å². The van der Waals surface area contributed by atoms with Crippen molar-refractivity contribution in [1.29, 1.82) is 0 Å². The average molecular weight is 210 g/mol. The molecule has 1 aliphatic heterocycles. The van der Waals surface area contributed by atoms with E-state index in [-0.39, 0.29) is 5.75 Å². The smallest absolute Gasteiger partial charge is 0.303 e. The van der Waals surface area contributed by atoms with Crippen LogP contribution in [0.15, 0.2) is 35.8 Å². The number of nitrogens with one attached hydrogen (secondary N) is 1. The van der Waals surface area contributed by atoms with Gasteiger partial charge in [0.15, 0.2) is 0 Å². The number of hydrazone groups is 1. The molecule has 6 nitrogen and oxygen atoms in total. The SMILES string of the molecule is OC1(Oc2ccnnc2)C=CNN=C1F. The zero-order valence-electron chi connectivity index (χ0n) is 7.46. The van der Waals surface area contributed by atoms with E-state index in [1.54, 1.807) is 0 Å². The lowest BCUT2D eigenvalue weighted by atomic mass is 10.2. The third-order valence-corrected chi connectivity index (χ3v) is 1.67. The van der Waals surface area contributed by atoms with Crippen molar-refractivity contribution in [2.75, 3.05) is 0 Å². The predicted octanol–water partition coefficient (Wildman–Crippen LogP) is -0.0561. The maximum atomic E-state index is 13.1. The maximum Gasteiger partial charge on any atom is 0.303 e. The first-order chi connectivity index (χ1) is 7.21. The van der Waals surface area contributed by atoms with Gasteiger partial charge in [0.25, 0.3) is 5.97 Å². The van der Waals surface area contributed by atoms with Crippen LogP contribution in [-0.2, 0) is 0 Å². The molecular weight excluding hydrogens is 203 g/mol. The van der Waals surface area contributed by atoms with E-state index in [4.69, 9.17) is 4.74 Å². The van der Waals surface area contributed by atoms with Gasteiger partial charge >= 0.3 is 5.79 Å². The molecule has 0 bridgehead atoms. The van der Waals surface area contributed by atoms with Crippen LogP contribution in [0.4, 0.5) is 4.39 Å². The van der Waals surface area contributed by atoms with Crippen LogP contribution in [0.25, 0.3) is 0 Å². The van der Waals surface area contributed by atoms with Crippen LogP contribution < -0.4 is 10.2 Å². The molecule has 1 unspecified atom stereocenters. The molecule has 0 radical (unpaired) electrons. The van der Waals surface area contributed by atoms with Gasteiger partial charge in [-0.05, 0) is 0 Å². The van der Waals surface area contributed by atoms with Gasteiger partial charge in [0, 0.05) is 18.3 Å². The van der Waals surface area contributed by atoms with Gasteiger partial charge in [-0.1, -0.05) is 0 Å². The highest BCUT2D eigenvalue weighted by atomic mass is 19.1. The van der Waals surface area contributed by atoms with E-state index in [9.17, 15) is 9.50 Å². The summed E-state index contributed by atoms with van der Waals surface area (Å²) in [6.45, 7) is 0. The van der Waals surface area contributed by atoms with Gasteiger partial charge in [-0.15, -0.1) is 5.10 Å². The van der Waals surface area contributed by atoms with E-state index in [2.05, 4.69) is 20.7 Å². The Kier molecular flexibility index (Phi) is 2.30. The highest BCUT2D eigenvalue weighted by molar-refractivity contribution is 5.85. The number of nitrogens with zero attached hydrogens (tertiary/aromatic N) is 3. The topological polar surface area (TPSA) is 79.6 Å². The number of hydrogen-bond donors (Lipinski definition) is 2. The zero-order chi connectivity index (χ0) is 10.7. The molecule has 2 heterocycles. The molecule has 0 fully saturated rings. The van der Waals surface area contributed by atoms with Crippen molar-refractivity contribution >= 4 is 5.97 Å². The molecular formula is C8H7FN4O2. The summed E-state index contributed by atoms with van der Waals surface area (Å²) in [6, 6.07) is 1.44. The first-order valence-electron chi connectivity index (χ1n) is 4.06. The molecule has 1 aromatic rings. The minimum absolute atomic E-state index is 0.185. The Balaban J connectivity index is 2.21. The lowest BCUT2D eigenvalue weighted by Gasteiger charge is -2.24. The van der Waals surface area contributed by atoms with Crippen molar-refractivity contribution < 1.29 is 14.2 Å². The molecule has 2 N–H and O–H groups in total. The van der Waals surface area contributed by atoms with Gasteiger partial charge in [0.2, 0.25) is 0 Å². The van der Waals surface area contributed by atoms with Crippen LogP contribution in [-0.4, -0.2) is 27.1 Å². The standard InChI is InChI=1S/C8H7FN4O2/c9-7-8(14,2-4-11-13-7)15-6-1-3-10-12-5-6/h1-5,11,14H. The van der Waals surface area contributed by atoms with Crippen molar-refractivity contribution in [1.82, 2.24) is 15.6 Å². The maximum absolute atomic E-state index is 13.1. The summed E-state index contributed by atoms with van der Waals surface area (Å²) in [6.07, 6.45) is 4.97. The summed E-state index contributed by atoms with van der Waals surface area (Å²) in [5.74, 6) is -3.08. The van der Waals surface area contributed by atoms with Gasteiger partial charge in [-0.2, -0.15) is 14.6 Å². The molecule has 78 valence electrons. The van der Waals surface area contributed by atoms with E-state index in [1.807, 2.05) is 0 Å². The third kappa shape index (κ3) is 1.91. The Morgan fingerprint density at radius 3 is 3.00 bits per heavy atom. The number of aromatic nitrogens is 2. The fourth-order valence-corrected chi connectivity index (χ4v) is 0.988. The van der Waals surface area contributed by atoms with Crippen molar-refractivity contribution in [3.63, 3.8) is 0 Å². The molecule has 2 rings (SSSR count). The van der Waals surface area contributed by atoms with Crippen molar-refractivity contribution in [2.24, 2.45) is 5.10 Å². The Hall–Kier alpha value is -2.02. The quantitative estimate of drug-likeness (QED) is 0.668. The summed E-state index contributed by atoms with van der Waals surface area (Å²) in [5.41, 5.74) is 2.24. The molecule has 0 aromatic carbocycles. The molecule has 0 aliphatic carbocycles. The van der Waals surface area contributed by atoms with Crippen LogP contribution in [0, 0.1) is 0 Å². The van der Waals surface area contributed by atoms with E-state index in [0.29, 0.717) is 0 Å². The highest BCUT2D eigenvalue weighted by Crippen LogP contribution is 2.19. The van der Waals surface area contributed by atoms with Crippen LogP contribution in [0.1, 0.15) is 0 Å².